The Hall–Kier alpha value is -2.75. The SMILES string of the molecule is Cc1ccc(CNC(=O)c2cc3cc(N)ccc3o2)cc1. The molecule has 0 saturated carbocycles. The van der Waals surface area contributed by atoms with E-state index >= 15 is 0 Å². The van der Waals surface area contributed by atoms with E-state index in [2.05, 4.69) is 5.32 Å². The largest absolute Gasteiger partial charge is 0.451 e. The number of benzene rings is 2. The maximum atomic E-state index is 12.1. The fourth-order valence-corrected chi connectivity index (χ4v) is 2.15. The van der Waals surface area contributed by atoms with Crippen LogP contribution in [0.1, 0.15) is 21.7 Å². The average molecular weight is 280 g/mol. The first-order chi connectivity index (χ1) is 10.1. The lowest BCUT2D eigenvalue weighted by Gasteiger charge is -2.03. The predicted molar refractivity (Wildman–Crippen MR) is 83.0 cm³/mol. The van der Waals surface area contributed by atoms with E-state index in [1.165, 1.54) is 5.56 Å². The summed E-state index contributed by atoms with van der Waals surface area (Å²) in [4.78, 5) is 12.1. The zero-order chi connectivity index (χ0) is 14.8. The van der Waals surface area contributed by atoms with Gasteiger partial charge in [-0.05, 0) is 36.8 Å². The first-order valence-electron chi connectivity index (χ1n) is 6.74. The first kappa shape index (κ1) is 13.2. The normalized spacial score (nSPS) is 10.7. The number of furan rings is 1. The quantitative estimate of drug-likeness (QED) is 0.724. The summed E-state index contributed by atoms with van der Waals surface area (Å²) in [7, 11) is 0. The van der Waals surface area contributed by atoms with E-state index in [-0.39, 0.29) is 5.91 Å². The number of nitrogens with two attached hydrogens (primary N) is 1. The van der Waals surface area contributed by atoms with Crippen LogP contribution in [0.2, 0.25) is 0 Å². The molecule has 0 aliphatic heterocycles. The molecular formula is C17H16N2O2. The molecule has 1 heterocycles. The smallest absolute Gasteiger partial charge is 0.287 e. The molecule has 0 atom stereocenters. The van der Waals surface area contributed by atoms with Gasteiger partial charge >= 0.3 is 0 Å². The third-order valence-corrected chi connectivity index (χ3v) is 3.34. The van der Waals surface area contributed by atoms with Crippen LogP contribution in [0.5, 0.6) is 0 Å². The zero-order valence-electron chi connectivity index (χ0n) is 11.7. The molecule has 4 heteroatoms. The Morgan fingerprint density at radius 2 is 1.90 bits per heavy atom. The van der Waals surface area contributed by atoms with Gasteiger partial charge in [-0.1, -0.05) is 29.8 Å². The molecule has 21 heavy (non-hydrogen) atoms. The summed E-state index contributed by atoms with van der Waals surface area (Å²) in [5, 5.41) is 3.68. The summed E-state index contributed by atoms with van der Waals surface area (Å²) >= 11 is 0. The Kier molecular flexibility index (Phi) is 3.36. The number of carbonyl (C=O) groups excluding carboxylic acids is 1. The van der Waals surface area contributed by atoms with Crippen LogP contribution < -0.4 is 11.1 Å². The Morgan fingerprint density at radius 1 is 1.14 bits per heavy atom. The van der Waals surface area contributed by atoms with Crippen molar-refractivity contribution in [3.05, 3.63) is 65.4 Å². The summed E-state index contributed by atoms with van der Waals surface area (Å²) in [5.41, 5.74) is 9.26. The van der Waals surface area contributed by atoms with Crippen molar-refractivity contribution < 1.29 is 9.21 Å². The lowest BCUT2D eigenvalue weighted by atomic mass is 10.1. The number of nitrogen functional groups attached to an aromatic ring is 1. The standard InChI is InChI=1S/C17H16N2O2/c1-11-2-4-12(5-3-11)10-19-17(20)16-9-13-8-14(18)6-7-15(13)21-16/h2-9H,10,18H2,1H3,(H,19,20). The van der Waals surface area contributed by atoms with Gasteiger partial charge in [0.15, 0.2) is 5.76 Å². The number of rotatable bonds is 3. The minimum Gasteiger partial charge on any atom is -0.451 e. The number of hydrogen-bond donors (Lipinski definition) is 2. The van der Waals surface area contributed by atoms with Crippen molar-refractivity contribution in [3.63, 3.8) is 0 Å². The van der Waals surface area contributed by atoms with Gasteiger partial charge in [0.2, 0.25) is 0 Å². The second-order valence-corrected chi connectivity index (χ2v) is 5.08. The van der Waals surface area contributed by atoms with Gasteiger partial charge < -0.3 is 15.5 Å². The molecule has 3 aromatic rings. The van der Waals surface area contributed by atoms with Crippen LogP contribution in [0.25, 0.3) is 11.0 Å². The highest BCUT2D eigenvalue weighted by Crippen LogP contribution is 2.21. The van der Waals surface area contributed by atoms with E-state index in [0.717, 1.165) is 10.9 Å². The lowest BCUT2D eigenvalue weighted by Crippen LogP contribution is -2.22. The van der Waals surface area contributed by atoms with Crippen LogP contribution in [0.15, 0.2) is 52.9 Å². The van der Waals surface area contributed by atoms with Crippen molar-refractivity contribution in [2.45, 2.75) is 13.5 Å². The number of anilines is 1. The van der Waals surface area contributed by atoms with Gasteiger partial charge in [-0.2, -0.15) is 0 Å². The van der Waals surface area contributed by atoms with Gasteiger partial charge in [0.1, 0.15) is 5.58 Å². The van der Waals surface area contributed by atoms with E-state index in [0.29, 0.717) is 23.6 Å². The zero-order valence-corrected chi connectivity index (χ0v) is 11.7. The molecule has 3 N–H and O–H groups in total. The van der Waals surface area contributed by atoms with Crippen molar-refractivity contribution in [3.8, 4) is 0 Å². The van der Waals surface area contributed by atoms with Crippen molar-refractivity contribution in [1.29, 1.82) is 0 Å². The predicted octanol–water partition coefficient (Wildman–Crippen LogP) is 3.25. The van der Waals surface area contributed by atoms with Crippen LogP contribution in [0.4, 0.5) is 5.69 Å². The molecule has 1 amide bonds. The number of hydrogen-bond acceptors (Lipinski definition) is 3. The van der Waals surface area contributed by atoms with E-state index in [9.17, 15) is 4.79 Å². The van der Waals surface area contributed by atoms with Crippen molar-refractivity contribution >= 4 is 22.6 Å². The summed E-state index contributed by atoms with van der Waals surface area (Å²) in [6.07, 6.45) is 0. The highest BCUT2D eigenvalue weighted by atomic mass is 16.3. The fourth-order valence-electron chi connectivity index (χ4n) is 2.15. The molecule has 0 spiro atoms. The molecule has 106 valence electrons. The highest BCUT2D eigenvalue weighted by Gasteiger charge is 2.12. The van der Waals surface area contributed by atoms with Crippen molar-refractivity contribution in [2.24, 2.45) is 0 Å². The van der Waals surface area contributed by atoms with E-state index in [1.807, 2.05) is 31.2 Å². The summed E-state index contributed by atoms with van der Waals surface area (Å²) in [6, 6.07) is 15.0. The molecule has 0 saturated heterocycles. The van der Waals surface area contributed by atoms with Crippen LogP contribution in [-0.4, -0.2) is 5.91 Å². The molecule has 2 aromatic carbocycles. The Morgan fingerprint density at radius 3 is 2.67 bits per heavy atom. The maximum absolute atomic E-state index is 12.1. The Balaban J connectivity index is 1.73. The molecule has 0 unspecified atom stereocenters. The number of nitrogens with one attached hydrogen (secondary N) is 1. The molecule has 1 aromatic heterocycles. The molecule has 0 fully saturated rings. The fraction of sp³-hybridized carbons (Fsp3) is 0.118. The molecule has 0 aliphatic carbocycles. The number of aryl methyl sites for hydroxylation is 1. The molecule has 0 bridgehead atoms. The second-order valence-electron chi connectivity index (χ2n) is 5.08. The topological polar surface area (TPSA) is 68.3 Å². The minimum atomic E-state index is -0.231. The van der Waals surface area contributed by atoms with Gasteiger partial charge in [0.25, 0.3) is 5.91 Å². The molecule has 0 radical (unpaired) electrons. The minimum absolute atomic E-state index is 0.231. The second kappa shape index (κ2) is 5.32. The Bertz CT molecular complexity index is 788. The Labute approximate surface area is 122 Å². The van der Waals surface area contributed by atoms with Gasteiger partial charge in [0, 0.05) is 17.6 Å². The van der Waals surface area contributed by atoms with Gasteiger partial charge in [-0.15, -0.1) is 0 Å². The molecular weight excluding hydrogens is 264 g/mol. The van der Waals surface area contributed by atoms with E-state index < -0.39 is 0 Å². The van der Waals surface area contributed by atoms with Gasteiger partial charge in [-0.25, -0.2) is 0 Å². The van der Waals surface area contributed by atoms with Gasteiger partial charge in [-0.3, -0.25) is 4.79 Å². The number of amides is 1. The highest BCUT2D eigenvalue weighted by molar-refractivity contribution is 5.96. The third kappa shape index (κ3) is 2.89. The molecule has 3 rings (SSSR count). The lowest BCUT2D eigenvalue weighted by molar-refractivity contribution is 0.0925. The average Bonchev–Trinajstić information content (AvgIpc) is 2.89. The van der Waals surface area contributed by atoms with Crippen molar-refractivity contribution in [2.75, 3.05) is 5.73 Å². The van der Waals surface area contributed by atoms with Gasteiger partial charge in [0.05, 0.1) is 0 Å². The maximum Gasteiger partial charge on any atom is 0.287 e. The van der Waals surface area contributed by atoms with E-state index in [4.69, 9.17) is 10.2 Å². The summed E-state index contributed by atoms with van der Waals surface area (Å²) in [6.45, 7) is 2.50. The molecule has 4 nitrogen and oxygen atoms in total. The van der Waals surface area contributed by atoms with Crippen LogP contribution in [-0.2, 0) is 6.54 Å². The van der Waals surface area contributed by atoms with Crippen LogP contribution >= 0.6 is 0 Å². The first-order valence-corrected chi connectivity index (χ1v) is 6.74. The third-order valence-electron chi connectivity index (χ3n) is 3.34. The number of carbonyl (C=O) groups is 1. The van der Waals surface area contributed by atoms with Crippen LogP contribution in [0.3, 0.4) is 0 Å². The molecule has 0 aliphatic rings. The van der Waals surface area contributed by atoms with E-state index in [1.54, 1.807) is 24.3 Å². The van der Waals surface area contributed by atoms with Crippen molar-refractivity contribution in [1.82, 2.24) is 5.32 Å². The monoisotopic (exact) mass is 280 g/mol. The van der Waals surface area contributed by atoms with Crippen LogP contribution in [0, 0.1) is 6.92 Å². The summed E-state index contributed by atoms with van der Waals surface area (Å²) in [5.74, 6) is 0.0630. The number of fused-ring (bicyclic) bond motifs is 1. The summed E-state index contributed by atoms with van der Waals surface area (Å²) < 4.78 is 5.52.